The molecule has 1 heteroatoms. The third kappa shape index (κ3) is 3.60. The molecule has 0 aromatic heterocycles. The molecular formula is C35H44Si. The lowest BCUT2D eigenvalue weighted by Gasteiger charge is -2.48. The Labute approximate surface area is 220 Å². The van der Waals surface area contributed by atoms with Crippen LogP contribution in [0.15, 0.2) is 109 Å². The van der Waals surface area contributed by atoms with E-state index in [1.165, 1.54) is 17.2 Å². The lowest BCUT2D eigenvalue weighted by atomic mass is 9.76. The van der Waals surface area contributed by atoms with Gasteiger partial charge in [0.2, 0.25) is 0 Å². The number of rotatable bonds is 4. The molecule has 0 bridgehead atoms. The Hall–Kier alpha value is -2.12. The van der Waals surface area contributed by atoms with Gasteiger partial charge in [0.15, 0.2) is 0 Å². The Bertz CT molecular complexity index is 1130. The van der Waals surface area contributed by atoms with Gasteiger partial charge in [-0.2, -0.15) is 0 Å². The molecule has 2 fully saturated rings. The fourth-order valence-corrected chi connectivity index (χ4v) is 15.8. The number of hydrogen-bond donors (Lipinski definition) is 0. The molecule has 0 saturated heterocycles. The predicted octanol–water partition coefficient (Wildman–Crippen LogP) is 9.26. The minimum absolute atomic E-state index is 0.190. The lowest BCUT2D eigenvalue weighted by Crippen LogP contribution is -2.48. The van der Waals surface area contributed by atoms with Crippen LogP contribution in [-0.4, -0.2) is 8.07 Å². The molecule has 2 saturated carbocycles. The summed E-state index contributed by atoms with van der Waals surface area (Å²) in [6, 6.07) is 1.22. The summed E-state index contributed by atoms with van der Waals surface area (Å²) < 4.78 is 0. The molecule has 0 nitrogen and oxygen atoms in total. The van der Waals surface area contributed by atoms with E-state index in [4.69, 9.17) is 0 Å². The van der Waals surface area contributed by atoms with Crippen molar-refractivity contribution in [1.29, 1.82) is 0 Å². The van der Waals surface area contributed by atoms with Crippen LogP contribution in [0.5, 0.6) is 0 Å². The van der Waals surface area contributed by atoms with E-state index < -0.39 is 8.07 Å². The van der Waals surface area contributed by atoms with Crippen molar-refractivity contribution in [2.75, 3.05) is 0 Å². The Morgan fingerprint density at radius 3 is 1.72 bits per heavy atom. The zero-order chi connectivity index (χ0) is 25.2. The molecule has 0 heterocycles. The van der Waals surface area contributed by atoms with E-state index in [1.54, 1.807) is 0 Å². The summed E-state index contributed by atoms with van der Waals surface area (Å²) in [7, 11) is -1.88. The van der Waals surface area contributed by atoms with Crippen molar-refractivity contribution in [3.05, 3.63) is 109 Å². The molecular weight excluding hydrogens is 448 g/mol. The van der Waals surface area contributed by atoms with Gasteiger partial charge >= 0.3 is 0 Å². The van der Waals surface area contributed by atoms with Gasteiger partial charge in [0, 0.05) is 0 Å². The first-order valence-corrected chi connectivity index (χ1v) is 17.2. The van der Waals surface area contributed by atoms with Crippen LogP contribution in [0.4, 0.5) is 0 Å². The highest BCUT2D eigenvalue weighted by molar-refractivity contribution is 6.82. The second-order valence-electron chi connectivity index (χ2n) is 13.7. The molecule has 0 radical (unpaired) electrons. The second kappa shape index (κ2) is 8.73. The van der Waals surface area contributed by atoms with E-state index in [9.17, 15) is 0 Å². The molecule has 0 aliphatic heterocycles. The topological polar surface area (TPSA) is 0 Å². The Morgan fingerprint density at radius 2 is 1.17 bits per heavy atom. The van der Waals surface area contributed by atoms with E-state index in [1.807, 2.05) is 0 Å². The van der Waals surface area contributed by atoms with Gasteiger partial charge in [-0.25, -0.2) is 0 Å². The third-order valence-electron chi connectivity index (χ3n) is 10.8. The van der Waals surface area contributed by atoms with Crippen molar-refractivity contribution < 1.29 is 0 Å². The van der Waals surface area contributed by atoms with Gasteiger partial charge < -0.3 is 0 Å². The smallest absolute Gasteiger partial charge is 0.0628 e. The van der Waals surface area contributed by atoms with Crippen molar-refractivity contribution >= 4 is 8.07 Å². The van der Waals surface area contributed by atoms with Gasteiger partial charge in [-0.05, 0) is 82.4 Å². The third-order valence-corrected chi connectivity index (χ3v) is 16.5. The monoisotopic (exact) mass is 492 g/mol. The summed E-state index contributed by atoms with van der Waals surface area (Å²) in [4.78, 5) is 0. The van der Waals surface area contributed by atoms with Gasteiger partial charge in [-0.3, -0.25) is 0 Å². The maximum atomic E-state index is 4.39. The molecule has 6 aliphatic rings. The van der Waals surface area contributed by atoms with Crippen LogP contribution < -0.4 is 0 Å². The van der Waals surface area contributed by atoms with Gasteiger partial charge in [-0.15, -0.1) is 6.58 Å². The number of fused-ring (bicyclic) bond motifs is 6. The summed E-state index contributed by atoms with van der Waals surface area (Å²) in [5, 5.41) is 0. The Balaban J connectivity index is 1.51. The summed E-state index contributed by atoms with van der Waals surface area (Å²) in [5.74, 6) is 5.13. The number of allylic oxidation sites excluding steroid dienone is 17. The molecule has 6 aliphatic carbocycles. The standard InChI is InChI=1S/C35H44Si/c1-7-20-36(6,33-29-14-10-8-12-25(29)26-13-9-11-15-30(26)33)34-31-21-23(2)16-18-27(31)28-19-17-24(22-32(28)34)35(3,4)5/h7-19,21-22,25-34H,1,20H2,2-6H3. The van der Waals surface area contributed by atoms with Crippen molar-refractivity contribution in [3.63, 3.8) is 0 Å². The summed E-state index contributed by atoms with van der Waals surface area (Å²) in [6.45, 7) is 16.7. The van der Waals surface area contributed by atoms with Gasteiger partial charge in [0.05, 0.1) is 8.07 Å². The maximum Gasteiger partial charge on any atom is 0.0628 e. The van der Waals surface area contributed by atoms with E-state index in [0.29, 0.717) is 47.3 Å². The fourth-order valence-electron chi connectivity index (χ4n) is 9.38. The van der Waals surface area contributed by atoms with Crippen LogP contribution in [0.3, 0.4) is 0 Å². The molecule has 0 N–H and O–H groups in total. The molecule has 188 valence electrons. The van der Waals surface area contributed by atoms with Crippen LogP contribution in [0, 0.1) is 52.8 Å². The van der Waals surface area contributed by atoms with Gasteiger partial charge in [0.1, 0.15) is 0 Å². The SMILES string of the molecule is C=CC[Si](C)(C1C2C=CC=CC2C2C=CC=CC21)C1C2C=C(C)C=CC2C2C=CC(C(C)(C)C)=CC21. The van der Waals surface area contributed by atoms with E-state index in [2.05, 4.69) is 132 Å². The first-order valence-electron chi connectivity index (χ1n) is 14.3. The quantitative estimate of drug-likeness (QED) is 0.271. The highest BCUT2D eigenvalue weighted by atomic mass is 28.3. The normalized spacial score (nSPS) is 43.2. The van der Waals surface area contributed by atoms with Crippen LogP contribution in [0.2, 0.25) is 23.7 Å². The molecule has 6 rings (SSSR count). The molecule has 10 atom stereocenters. The molecule has 10 unspecified atom stereocenters. The zero-order valence-electron chi connectivity index (χ0n) is 22.8. The van der Waals surface area contributed by atoms with Crippen molar-refractivity contribution in [2.24, 2.45) is 52.8 Å². The zero-order valence-corrected chi connectivity index (χ0v) is 23.8. The molecule has 36 heavy (non-hydrogen) atoms. The minimum Gasteiger partial charge on any atom is -0.103 e. The molecule has 0 aromatic rings. The minimum atomic E-state index is -1.88. The van der Waals surface area contributed by atoms with Crippen LogP contribution >= 0.6 is 0 Å². The van der Waals surface area contributed by atoms with Crippen molar-refractivity contribution in [2.45, 2.75) is 51.4 Å². The second-order valence-corrected chi connectivity index (χ2v) is 18.5. The van der Waals surface area contributed by atoms with Crippen LogP contribution in [0.1, 0.15) is 27.7 Å². The average Bonchev–Trinajstić information content (AvgIpc) is 3.36. The van der Waals surface area contributed by atoms with E-state index in [-0.39, 0.29) is 5.41 Å². The van der Waals surface area contributed by atoms with E-state index in [0.717, 1.165) is 11.1 Å². The summed E-state index contributed by atoms with van der Waals surface area (Å²) in [6.07, 6.45) is 37.3. The summed E-state index contributed by atoms with van der Waals surface area (Å²) in [5.41, 5.74) is 4.66. The molecule has 0 aromatic carbocycles. The fraction of sp³-hybridized carbons (Fsp3) is 0.486. The first-order chi connectivity index (χ1) is 17.2. The lowest BCUT2D eigenvalue weighted by molar-refractivity contribution is 0.441. The molecule has 0 spiro atoms. The maximum absolute atomic E-state index is 4.39. The Morgan fingerprint density at radius 1 is 0.694 bits per heavy atom. The van der Waals surface area contributed by atoms with Crippen molar-refractivity contribution in [3.8, 4) is 0 Å². The largest absolute Gasteiger partial charge is 0.103 e. The first kappa shape index (κ1) is 24.2. The predicted molar refractivity (Wildman–Crippen MR) is 158 cm³/mol. The van der Waals surface area contributed by atoms with E-state index >= 15 is 0 Å². The highest BCUT2D eigenvalue weighted by Crippen LogP contribution is 2.67. The highest BCUT2D eigenvalue weighted by Gasteiger charge is 2.62. The van der Waals surface area contributed by atoms with Gasteiger partial charge in [-0.1, -0.05) is 124 Å². The molecule has 0 amide bonds. The Kier molecular flexibility index (Phi) is 5.87. The summed E-state index contributed by atoms with van der Waals surface area (Å²) >= 11 is 0. The average molecular weight is 493 g/mol. The van der Waals surface area contributed by atoms with Gasteiger partial charge in [0.25, 0.3) is 0 Å². The van der Waals surface area contributed by atoms with Crippen LogP contribution in [-0.2, 0) is 0 Å². The number of hydrogen-bond acceptors (Lipinski definition) is 0. The van der Waals surface area contributed by atoms with Crippen molar-refractivity contribution in [1.82, 2.24) is 0 Å². The van der Waals surface area contributed by atoms with Crippen LogP contribution in [0.25, 0.3) is 0 Å².